The Bertz CT molecular complexity index is 420. The molecule has 0 unspecified atom stereocenters. The second kappa shape index (κ2) is 5.61. The minimum atomic E-state index is -1.19. The summed E-state index contributed by atoms with van der Waals surface area (Å²) in [6.07, 6.45) is 5.15. The van der Waals surface area contributed by atoms with Crippen LogP contribution in [0.2, 0.25) is 0 Å². The molecule has 0 heterocycles. The molecule has 0 radical (unpaired) electrons. The molecule has 0 amide bonds. The van der Waals surface area contributed by atoms with Crippen LogP contribution in [0.15, 0.2) is 24.3 Å². The second-order valence-corrected chi connectivity index (χ2v) is 5.18. The van der Waals surface area contributed by atoms with Crippen LogP contribution in [-0.2, 0) is 11.2 Å². The van der Waals surface area contributed by atoms with E-state index >= 15 is 0 Å². The van der Waals surface area contributed by atoms with Crippen LogP contribution >= 0.6 is 0 Å². The monoisotopic (exact) mass is 250 g/mol. The zero-order chi connectivity index (χ0) is 13.0. The normalized spacial score (nSPS) is 19.2. The maximum Gasteiger partial charge on any atom is 0.168 e. The van der Waals surface area contributed by atoms with Gasteiger partial charge in [-0.15, -0.1) is 0 Å². The molecule has 1 aliphatic carbocycles. The van der Waals surface area contributed by atoms with Gasteiger partial charge < -0.3 is 5.11 Å². The van der Waals surface area contributed by atoms with Gasteiger partial charge in [0, 0.05) is 6.42 Å². The Morgan fingerprint density at radius 3 is 2.50 bits per heavy atom. The third-order valence-corrected chi connectivity index (χ3v) is 3.70. The third kappa shape index (κ3) is 3.16. The zero-order valence-corrected chi connectivity index (χ0v) is 10.5. The van der Waals surface area contributed by atoms with E-state index < -0.39 is 5.60 Å². The molecule has 1 N–H and O–H groups in total. The van der Waals surface area contributed by atoms with Gasteiger partial charge >= 0.3 is 0 Å². The van der Waals surface area contributed by atoms with Gasteiger partial charge in [-0.05, 0) is 30.5 Å². The molecule has 0 bridgehead atoms. The van der Waals surface area contributed by atoms with Gasteiger partial charge in [0.1, 0.15) is 11.4 Å². The molecular weight excluding hydrogens is 231 g/mol. The topological polar surface area (TPSA) is 37.3 Å². The number of rotatable bonds is 3. The highest BCUT2D eigenvalue weighted by molar-refractivity contribution is 5.88. The van der Waals surface area contributed by atoms with Crippen molar-refractivity contribution < 1.29 is 14.3 Å². The lowest BCUT2D eigenvalue weighted by Gasteiger charge is -2.24. The van der Waals surface area contributed by atoms with Crippen molar-refractivity contribution in [1.29, 1.82) is 0 Å². The highest BCUT2D eigenvalue weighted by atomic mass is 19.1. The van der Waals surface area contributed by atoms with E-state index in [-0.39, 0.29) is 18.0 Å². The number of hydrogen-bond acceptors (Lipinski definition) is 2. The van der Waals surface area contributed by atoms with Crippen LogP contribution in [0.5, 0.6) is 0 Å². The summed E-state index contributed by atoms with van der Waals surface area (Å²) < 4.78 is 13.0. The number of aliphatic hydroxyl groups is 1. The first-order valence-electron chi connectivity index (χ1n) is 6.60. The number of hydrogen-bond donors (Lipinski definition) is 1. The highest BCUT2D eigenvalue weighted by Crippen LogP contribution is 2.28. The maximum absolute atomic E-state index is 13.0. The number of ketones is 1. The van der Waals surface area contributed by atoms with Crippen LogP contribution in [0.1, 0.15) is 44.1 Å². The quantitative estimate of drug-likeness (QED) is 0.837. The van der Waals surface area contributed by atoms with Gasteiger partial charge in [-0.2, -0.15) is 0 Å². The number of benzene rings is 1. The van der Waals surface area contributed by atoms with E-state index in [0.29, 0.717) is 18.4 Å². The average molecular weight is 250 g/mol. The minimum Gasteiger partial charge on any atom is -0.382 e. The smallest absolute Gasteiger partial charge is 0.168 e. The summed E-state index contributed by atoms with van der Waals surface area (Å²) in [5, 5.41) is 10.4. The molecule has 2 nitrogen and oxygen atoms in total. The Balaban J connectivity index is 2.06. The molecule has 0 aliphatic heterocycles. The molecule has 0 atom stereocenters. The van der Waals surface area contributed by atoms with Crippen LogP contribution in [-0.4, -0.2) is 16.5 Å². The molecule has 1 fully saturated rings. The molecule has 0 saturated heterocycles. The fourth-order valence-electron chi connectivity index (χ4n) is 2.59. The maximum atomic E-state index is 13.0. The Morgan fingerprint density at radius 1 is 1.22 bits per heavy atom. The van der Waals surface area contributed by atoms with Crippen molar-refractivity contribution in [2.75, 3.05) is 0 Å². The molecule has 1 aromatic rings. The van der Waals surface area contributed by atoms with Crippen molar-refractivity contribution in [1.82, 2.24) is 0 Å². The molecular formula is C15H19FO2. The summed E-state index contributed by atoms with van der Waals surface area (Å²) in [4.78, 5) is 12.2. The van der Waals surface area contributed by atoms with Gasteiger partial charge in [0.05, 0.1) is 0 Å². The van der Waals surface area contributed by atoms with Gasteiger partial charge in [0.2, 0.25) is 0 Å². The van der Waals surface area contributed by atoms with Gasteiger partial charge in [0.25, 0.3) is 0 Å². The van der Waals surface area contributed by atoms with Crippen LogP contribution in [0.25, 0.3) is 0 Å². The highest BCUT2D eigenvalue weighted by Gasteiger charge is 2.35. The fraction of sp³-hybridized carbons (Fsp3) is 0.533. The lowest BCUT2D eigenvalue weighted by Crippen LogP contribution is -2.39. The van der Waals surface area contributed by atoms with E-state index in [1.807, 2.05) is 0 Å². The molecule has 1 aromatic carbocycles. The first-order valence-corrected chi connectivity index (χ1v) is 6.60. The molecule has 1 aliphatic rings. The Kier molecular flexibility index (Phi) is 4.12. The number of halogens is 1. The van der Waals surface area contributed by atoms with E-state index in [2.05, 4.69) is 0 Å². The molecule has 1 saturated carbocycles. The zero-order valence-electron chi connectivity index (χ0n) is 10.5. The summed E-state index contributed by atoms with van der Waals surface area (Å²) in [5.41, 5.74) is -0.555. The second-order valence-electron chi connectivity index (χ2n) is 5.18. The van der Waals surface area contributed by atoms with E-state index in [9.17, 15) is 14.3 Å². The van der Waals surface area contributed by atoms with E-state index in [0.717, 1.165) is 25.7 Å². The summed E-state index contributed by atoms with van der Waals surface area (Å²) >= 11 is 0. The fourth-order valence-corrected chi connectivity index (χ4v) is 2.59. The lowest BCUT2D eigenvalue weighted by molar-refractivity contribution is -0.138. The van der Waals surface area contributed by atoms with E-state index in [1.165, 1.54) is 12.1 Å². The van der Waals surface area contributed by atoms with Crippen LogP contribution < -0.4 is 0 Å². The summed E-state index contributed by atoms with van der Waals surface area (Å²) in [6, 6.07) is 6.03. The van der Waals surface area contributed by atoms with Crippen molar-refractivity contribution in [3.63, 3.8) is 0 Å². The average Bonchev–Trinajstić information content (AvgIpc) is 2.55. The summed E-state index contributed by atoms with van der Waals surface area (Å²) in [5.74, 6) is -0.511. The molecule has 2 rings (SSSR count). The van der Waals surface area contributed by atoms with E-state index in [4.69, 9.17) is 0 Å². The summed E-state index contributed by atoms with van der Waals surface area (Å²) in [6.45, 7) is 0. The SMILES string of the molecule is O=C(Cc1cccc(F)c1)C1(O)CCCCCC1. The molecule has 3 heteroatoms. The number of carbonyl (C=O) groups is 1. The van der Waals surface area contributed by atoms with Crippen molar-refractivity contribution in [3.05, 3.63) is 35.6 Å². The number of Topliss-reactive ketones (excluding diaryl/α,β-unsaturated/α-hetero) is 1. The van der Waals surface area contributed by atoms with Gasteiger partial charge in [-0.3, -0.25) is 4.79 Å². The third-order valence-electron chi connectivity index (χ3n) is 3.70. The molecule has 18 heavy (non-hydrogen) atoms. The Labute approximate surface area is 107 Å². The van der Waals surface area contributed by atoms with Crippen molar-refractivity contribution in [3.8, 4) is 0 Å². The first-order chi connectivity index (χ1) is 8.60. The Hall–Kier alpha value is -1.22. The number of carbonyl (C=O) groups excluding carboxylic acids is 1. The lowest BCUT2D eigenvalue weighted by atomic mass is 9.86. The van der Waals surface area contributed by atoms with Crippen molar-refractivity contribution in [2.45, 2.75) is 50.5 Å². The predicted octanol–water partition coefficient (Wildman–Crippen LogP) is 3.02. The van der Waals surface area contributed by atoms with Gasteiger partial charge in [0.15, 0.2) is 5.78 Å². The van der Waals surface area contributed by atoms with Crippen LogP contribution in [0, 0.1) is 5.82 Å². The Morgan fingerprint density at radius 2 is 1.89 bits per heavy atom. The van der Waals surface area contributed by atoms with Crippen molar-refractivity contribution >= 4 is 5.78 Å². The first kappa shape index (κ1) is 13.2. The van der Waals surface area contributed by atoms with Gasteiger partial charge in [-0.1, -0.05) is 37.8 Å². The van der Waals surface area contributed by atoms with Crippen molar-refractivity contribution in [2.24, 2.45) is 0 Å². The molecule has 98 valence electrons. The van der Waals surface area contributed by atoms with Crippen LogP contribution in [0.3, 0.4) is 0 Å². The minimum absolute atomic E-state index is 0.119. The summed E-state index contributed by atoms with van der Waals surface area (Å²) in [7, 11) is 0. The van der Waals surface area contributed by atoms with Gasteiger partial charge in [-0.25, -0.2) is 4.39 Å². The largest absolute Gasteiger partial charge is 0.382 e. The standard InChI is InChI=1S/C15H19FO2/c16-13-7-5-6-12(10-13)11-14(17)15(18)8-3-1-2-4-9-15/h5-7,10,18H,1-4,8-9,11H2. The molecule has 0 aromatic heterocycles. The molecule has 0 spiro atoms. The van der Waals surface area contributed by atoms with Crippen LogP contribution in [0.4, 0.5) is 4.39 Å². The predicted molar refractivity (Wildman–Crippen MR) is 67.8 cm³/mol. The van der Waals surface area contributed by atoms with E-state index in [1.54, 1.807) is 12.1 Å².